The van der Waals surface area contributed by atoms with E-state index in [0.717, 1.165) is 16.9 Å². The van der Waals surface area contributed by atoms with Gasteiger partial charge < -0.3 is 4.90 Å². The molecule has 0 saturated heterocycles. The molecule has 1 heterocycles. The second-order valence-corrected chi connectivity index (χ2v) is 5.42. The Hall–Kier alpha value is -1.52. The molecule has 0 aliphatic rings. The van der Waals surface area contributed by atoms with E-state index in [1.807, 2.05) is 12.1 Å². The maximum absolute atomic E-state index is 12.3. The number of pyridine rings is 1. The van der Waals surface area contributed by atoms with Crippen LogP contribution in [0.5, 0.6) is 0 Å². The molecule has 5 heteroatoms. The van der Waals surface area contributed by atoms with Crippen molar-refractivity contribution in [3.63, 3.8) is 0 Å². The second kappa shape index (κ2) is 6.77. The van der Waals surface area contributed by atoms with Gasteiger partial charge in [0.2, 0.25) is 0 Å². The molecule has 2 aromatic rings. The fourth-order valence-electron chi connectivity index (χ4n) is 1.83. The number of carbonyl (C=O) groups is 1. The SMILES string of the molecule is CN(CCc1ccncc1)C(=O)c1cc(S)ccc1Cl. The predicted molar refractivity (Wildman–Crippen MR) is 83.6 cm³/mol. The van der Waals surface area contributed by atoms with Crippen LogP contribution in [0.1, 0.15) is 15.9 Å². The standard InChI is InChI=1S/C15H15ClN2OS/c1-18(9-6-11-4-7-17-8-5-11)15(19)13-10-12(20)2-3-14(13)16/h2-5,7-8,10,20H,6,9H2,1H3. The molecule has 0 saturated carbocycles. The Morgan fingerprint density at radius 1 is 1.30 bits per heavy atom. The summed E-state index contributed by atoms with van der Waals surface area (Å²) in [6.07, 6.45) is 4.28. The Morgan fingerprint density at radius 2 is 2.00 bits per heavy atom. The van der Waals surface area contributed by atoms with Gasteiger partial charge in [-0.05, 0) is 42.3 Å². The molecule has 1 amide bonds. The molecule has 0 spiro atoms. The van der Waals surface area contributed by atoms with Crippen molar-refractivity contribution in [3.8, 4) is 0 Å². The van der Waals surface area contributed by atoms with E-state index < -0.39 is 0 Å². The molecule has 0 aliphatic heterocycles. The highest BCUT2D eigenvalue weighted by molar-refractivity contribution is 7.80. The minimum absolute atomic E-state index is 0.0973. The molecule has 20 heavy (non-hydrogen) atoms. The van der Waals surface area contributed by atoms with Crippen LogP contribution in [-0.4, -0.2) is 29.4 Å². The van der Waals surface area contributed by atoms with E-state index in [1.54, 1.807) is 42.5 Å². The van der Waals surface area contributed by atoms with Gasteiger partial charge in [-0.15, -0.1) is 12.6 Å². The summed E-state index contributed by atoms with van der Waals surface area (Å²) in [7, 11) is 1.77. The number of thiol groups is 1. The van der Waals surface area contributed by atoms with Crippen LogP contribution in [0.3, 0.4) is 0 Å². The van der Waals surface area contributed by atoms with Gasteiger partial charge in [-0.1, -0.05) is 11.6 Å². The van der Waals surface area contributed by atoms with Gasteiger partial charge in [-0.2, -0.15) is 0 Å². The Bertz CT molecular complexity index is 604. The largest absolute Gasteiger partial charge is 0.341 e. The average molecular weight is 307 g/mol. The number of carbonyl (C=O) groups excluding carboxylic acids is 1. The highest BCUT2D eigenvalue weighted by atomic mass is 35.5. The summed E-state index contributed by atoms with van der Waals surface area (Å²) in [5, 5.41) is 0.448. The van der Waals surface area contributed by atoms with Crippen LogP contribution in [0.15, 0.2) is 47.6 Å². The molecule has 0 unspecified atom stereocenters. The maximum atomic E-state index is 12.3. The van der Waals surface area contributed by atoms with Crippen molar-refractivity contribution >= 4 is 30.1 Å². The Labute approximate surface area is 129 Å². The first-order chi connectivity index (χ1) is 9.58. The zero-order chi connectivity index (χ0) is 14.5. The third kappa shape index (κ3) is 3.74. The highest BCUT2D eigenvalue weighted by Gasteiger charge is 2.15. The summed E-state index contributed by atoms with van der Waals surface area (Å²) in [6.45, 7) is 0.621. The molecule has 0 N–H and O–H groups in total. The van der Waals surface area contributed by atoms with Crippen molar-refractivity contribution in [1.82, 2.24) is 9.88 Å². The lowest BCUT2D eigenvalue weighted by Crippen LogP contribution is -2.29. The molecular weight excluding hydrogens is 292 g/mol. The minimum atomic E-state index is -0.0973. The molecule has 0 bridgehead atoms. The Balaban J connectivity index is 2.03. The fraction of sp³-hybridized carbons (Fsp3) is 0.200. The first kappa shape index (κ1) is 14.9. The van der Waals surface area contributed by atoms with Crippen LogP contribution in [0.25, 0.3) is 0 Å². The van der Waals surface area contributed by atoms with Crippen molar-refractivity contribution in [3.05, 3.63) is 58.9 Å². The van der Waals surface area contributed by atoms with Crippen LogP contribution >= 0.6 is 24.2 Å². The molecule has 0 atom stereocenters. The van der Waals surface area contributed by atoms with Crippen molar-refractivity contribution < 1.29 is 4.79 Å². The number of nitrogens with zero attached hydrogens (tertiary/aromatic N) is 2. The molecule has 0 aliphatic carbocycles. The first-order valence-electron chi connectivity index (χ1n) is 6.21. The van der Waals surface area contributed by atoms with E-state index >= 15 is 0 Å². The maximum Gasteiger partial charge on any atom is 0.255 e. The quantitative estimate of drug-likeness (QED) is 0.879. The molecular formula is C15H15ClN2OS. The van der Waals surface area contributed by atoms with Crippen LogP contribution in [0.2, 0.25) is 5.02 Å². The molecule has 0 radical (unpaired) electrons. The van der Waals surface area contributed by atoms with Crippen molar-refractivity contribution in [1.29, 1.82) is 0 Å². The second-order valence-electron chi connectivity index (χ2n) is 4.50. The number of aromatic nitrogens is 1. The highest BCUT2D eigenvalue weighted by Crippen LogP contribution is 2.21. The van der Waals surface area contributed by atoms with Gasteiger partial charge in [-0.25, -0.2) is 0 Å². The zero-order valence-corrected chi connectivity index (χ0v) is 12.7. The Morgan fingerprint density at radius 3 is 2.70 bits per heavy atom. The third-order valence-electron chi connectivity index (χ3n) is 3.01. The van der Waals surface area contributed by atoms with Gasteiger partial charge in [0.15, 0.2) is 0 Å². The van der Waals surface area contributed by atoms with Gasteiger partial charge in [0.05, 0.1) is 10.6 Å². The van der Waals surface area contributed by atoms with E-state index in [9.17, 15) is 4.79 Å². The lowest BCUT2D eigenvalue weighted by molar-refractivity contribution is 0.0796. The van der Waals surface area contributed by atoms with E-state index in [-0.39, 0.29) is 5.91 Å². The number of hydrogen-bond donors (Lipinski definition) is 1. The summed E-state index contributed by atoms with van der Waals surface area (Å²) in [5.41, 5.74) is 1.63. The van der Waals surface area contributed by atoms with Crippen molar-refractivity contribution in [2.24, 2.45) is 0 Å². The summed E-state index contributed by atoms with van der Waals surface area (Å²) >= 11 is 10.3. The topological polar surface area (TPSA) is 33.2 Å². The number of hydrogen-bond acceptors (Lipinski definition) is 3. The summed E-state index contributed by atoms with van der Waals surface area (Å²) in [5.74, 6) is -0.0973. The van der Waals surface area contributed by atoms with Gasteiger partial charge in [0, 0.05) is 30.9 Å². The van der Waals surface area contributed by atoms with Crippen LogP contribution < -0.4 is 0 Å². The third-order valence-corrected chi connectivity index (χ3v) is 3.62. The monoisotopic (exact) mass is 306 g/mol. The molecule has 1 aromatic carbocycles. The van der Waals surface area contributed by atoms with Gasteiger partial charge in [0.25, 0.3) is 5.91 Å². The van der Waals surface area contributed by atoms with Crippen LogP contribution in [0, 0.1) is 0 Å². The number of likely N-dealkylation sites (N-methyl/N-ethyl adjacent to an activating group) is 1. The lowest BCUT2D eigenvalue weighted by atomic mass is 10.1. The number of benzene rings is 1. The summed E-state index contributed by atoms with van der Waals surface area (Å²) in [6, 6.07) is 9.03. The van der Waals surface area contributed by atoms with Crippen LogP contribution in [-0.2, 0) is 6.42 Å². The molecule has 3 nitrogen and oxygen atoms in total. The first-order valence-corrected chi connectivity index (χ1v) is 7.03. The normalized spacial score (nSPS) is 10.3. The smallest absolute Gasteiger partial charge is 0.255 e. The Kier molecular flexibility index (Phi) is 5.04. The summed E-state index contributed by atoms with van der Waals surface area (Å²) in [4.78, 5) is 18.7. The summed E-state index contributed by atoms with van der Waals surface area (Å²) < 4.78 is 0. The van der Waals surface area contributed by atoms with Gasteiger partial charge in [0.1, 0.15) is 0 Å². The molecule has 0 fully saturated rings. The van der Waals surface area contributed by atoms with E-state index in [4.69, 9.17) is 11.6 Å². The van der Waals surface area contributed by atoms with E-state index in [2.05, 4.69) is 17.6 Å². The van der Waals surface area contributed by atoms with E-state index in [1.165, 1.54) is 0 Å². The predicted octanol–water partition coefficient (Wildman–Crippen LogP) is 3.34. The lowest BCUT2D eigenvalue weighted by Gasteiger charge is -2.18. The van der Waals surface area contributed by atoms with Crippen molar-refractivity contribution in [2.75, 3.05) is 13.6 Å². The number of amides is 1. The average Bonchev–Trinajstić information content (AvgIpc) is 2.47. The van der Waals surface area contributed by atoms with Gasteiger partial charge in [-0.3, -0.25) is 9.78 Å². The van der Waals surface area contributed by atoms with E-state index in [0.29, 0.717) is 17.1 Å². The van der Waals surface area contributed by atoms with Crippen molar-refractivity contribution in [2.45, 2.75) is 11.3 Å². The zero-order valence-electron chi connectivity index (χ0n) is 11.1. The number of halogens is 1. The molecule has 104 valence electrons. The van der Waals surface area contributed by atoms with Gasteiger partial charge >= 0.3 is 0 Å². The number of rotatable bonds is 4. The molecule has 2 rings (SSSR count). The molecule has 1 aromatic heterocycles. The fourth-order valence-corrected chi connectivity index (χ4v) is 2.23. The van der Waals surface area contributed by atoms with Crippen LogP contribution in [0.4, 0.5) is 0 Å². The minimum Gasteiger partial charge on any atom is -0.341 e.